The highest BCUT2D eigenvalue weighted by Crippen LogP contribution is 1.98. The van der Waals surface area contributed by atoms with Crippen LogP contribution in [0.4, 0.5) is 5.69 Å². The fourth-order valence-corrected chi connectivity index (χ4v) is 0.749. The molecule has 0 saturated heterocycles. The predicted octanol–water partition coefficient (Wildman–Crippen LogP) is 0.771. The van der Waals surface area contributed by atoms with Gasteiger partial charge in [0, 0.05) is 21.9 Å². The van der Waals surface area contributed by atoms with Crippen molar-refractivity contribution in [1.29, 1.82) is 0 Å². The molecule has 4 nitrogen and oxygen atoms in total. The molecule has 0 aliphatic heterocycles. The Bertz CT molecular complexity index is 327. The summed E-state index contributed by atoms with van der Waals surface area (Å²) in [5, 5.41) is 2.48. The highest BCUT2D eigenvalue weighted by Gasteiger charge is 1.95. The fraction of sp³-hybridized carbons (Fsp3) is 0. The number of carbonyl (C=O) groups is 1. The lowest BCUT2D eigenvalue weighted by Gasteiger charge is -1.96. The molecular formula is C7H4BrN3O. The van der Waals surface area contributed by atoms with E-state index >= 15 is 0 Å². The number of hydrogen-bond donors (Lipinski definition) is 1. The number of aromatic nitrogens is 2. The van der Waals surface area contributed by atoms with Gasteiger partial charge in [-0.3, -0.25) is 4.79 Å². The van der Waals surface area contributed by atoms with Crippen LogP contribution < -0.4 is 5.32 Å². The number of rotatable bonds is 1. The van der Waals surface area contributed by atoms with Crippen LogP contribution in [-0.2, 0) is 4.79 Å². The molecule has 1 amide bonds. The summed E-state index contributed by atoms with van der Waals surface area (Å²) >= 11 is 2.81. The molecule has 0 atom stereocenters. The van der Waals surface area contributed by atoms with Crippen molar-refractivity contribution < 1.29 is 4.79 Å². The van der Waals surface area contributed by atoms with Crippen molar-refractivity contribution in [1.82, 2.24) is 9.97 Å². The Morgan fingerprint density at radius 3 is 2.75 bits per heavy atom. The van der Waals surface area contributed by atoms with Crippen molar-refractivity contribution >= 4 is 27.5 Å². The van der Waals surface area contributed by atoms with Gasteiger partial charge in [0.15, 0.2) is 0 Å². The molecule has 5 heteroatoms. The van der Waals surface area contributed by atoms with Crippen molar-refractivity contribution in [3.05, 3.63) is 18.7 Å². The second kappa shape index (κ2) is 4.46. The van der Waals surface area contributed by atoms with Crippen molar-refractivity contribution in [3.8, 4) is 10.8 Å². The van der Waals surface area contributed by atoms with Gasteiger partial charge in [0.25, 0.3) is 0 Å². The topological polar surface area (TPSA) is 54.9 Å². The number of anilines is 1. The number of halogens is 1. The fourth-order valence-electron chi connectivity index (χ4n) is 0.569. The van der Waals surface area contributed by atoms with E-state index in [0.717, 1.165) is 0 Å². The largest absolute Gasteiger partial charge is 0.312 e. The maximum Gasteiger partial charge on any atom is 0.301 e. The van der Waals surface area contributed by atoms with Crippen LogP contribution in [0.5, 0.6) is 0 Å². The molecule has 1 aromatic rings. The van der Waals surface area contributed by atoms with Gasteiger partial charge in [0.05, 0.1) is 18.1 Å². The predicted molar refractivity (Wildman–Crippen MR) is 47.4 cm³/mol. The number of hydrogen-bond acceptors (Lipinski definition) is 3. The van der Waals surface area contributed by atoms with Gasteiger partial charge in [-0.25, -0.2) is 9.97 Å². The van der Waals surface area contributed by atoms with E-state index in [9.17, 15) is 4.79 Å². The van der Waals surface area contributed by atoms with Crippen molar-refractivity contribution in [3.63, 3.8) is 0 Å². The van der Waals surface area contributed by atoms with Crippen LogP contribution in [0.2, 0.25) is 0 Å². The van der Waals surface area contributed by atoms with E-state index in [1.54, 1.807) is 0 Å². The summed E-state index contributed by atoms with van der Waals surface area (Å²) in [7, 11) is 0. The average molecular weight is 226 g/mol. The molecule has 0 spiro atoms. The zero-order valence-electron chi connectivity index (χ0n) is 5.91. The van der Waals surface area contributed by atoms with E-state index < -0.39 is 5.91 Å². The van der Waals surface area contributed by atoms with Crippen LogP contribution in [-0.4, -0.2) is 15.9 Å². The summed E-state index contributed by atoms with van der Waals surface area (Å²) in [5.41, 5.74) is 0.526. The summed E-state index contributed by atoms with van der Waals surface area (Å²) in [6.45, 7) is 0. The monoisotopic (exact) mass is 225 g/mol. The van der Waals surface area contributed by atoms with Gasteiger partial charge >= 0.3 is 5.91 Å². The van der Waals surface area contributed by atoms with Crippen LogP contribution >= 0.6 is 15.9 Å². The Labute approximate surface area is 77.5 Å². The van der Waals surface area contributed by atoms with Crippen LogP contribution in [0.3, 0.4) is 0 Å². The molecule has 1 aromatic heterocycles. The minimum Gasteiger partial charge on any atom is -0.312 e. The lowest BCUT2D eigenvalue weighted by atomic mass is 10.5. The molecule has 0 bridgehead atoms. The second-order valence-electron chi connectivity index (χ2n) is 1.80. The number of carbonyl (C=O) groups excluding carboxylic acids is 1. The third kappa shape index (κ3) is 2.68. The van der Waals surface area contributed by atoms with Gasteiger partial charge in [0.2, 0.25) is 0 Å². The van der Waals surface area contributed by atoms with E-state index in [1.807, 2.05) is 0 Å². The third-order valence-corrected chi connectivity index (χ3v) is 1.18. The molecule has 0 aliphatic carbocycles. The van der Waals surface area contributed by atoms with Crippen LogP contribution in [0.1, 0.15) is 0 Å². The summed E-state index contributed by atoms with van der Waals surface area (Å²) < 4.78 is 0. The van der Waals surface area contributed by atoms with E-state index in [0.29, 0.717) is 5.69 Å². The molecule has 1 N–H and O–H groups in total. The Morgan fingerprint density at radius 2 is 2.17 bits per heavy atom. The normalized spacial score (nSPS) is 8.08. The first-order chi connectivity index (χ1) is 5.83. The molecule has 0 aromatic carbocycles. The number of nitrogens with one attached hydrogen (secondary N) is 1. The lowest BCUT2D eigenvalue weighted by Crippen LogP contribution is -2.08. The van der Waals surface area contributed by atoms with Crippen molar-refractivity contribution in [2.75, 3.05) is 5.32 Å². The second-order valence-corrected chi connectivity index (χ2v) is 2.20. The molecule has 0 aliphatic rings. The first-order valence-electron chi connectivity index (χ1n) is 3.00. The quantitative estimate of drug-likeness (QED) is 0.719. The van der Waals surface area contributed by atoms with E-state index in [1.165, 1.54) is 18.7 Å². The SMILES string of the molecule is O=C(C#CBr)Nc1cncnc1. The minimum atomic E-state index is -0.401. The standard InChI is InChI=1S/C7H4BrN3O/c8-2-1-7(12)11-6-3-9-5-10-4-6/h3-5H,(H,11,12). The molecule has 0 saturated carbocycles. The van der Waals surface area contributed by atoms with Gasteiger partial charge in [-0.05, 0) is 4.83 Å². The van der Waals surface area contributed by atoms with Crippen LogP contribution in [0.15, 0.2) is 18.7 Å². The number of amides is 1. The molecule has 0 fully saturated rings. The van der Waals surface area contributed by atoms with Crippen molar-refractivity contribution in [2.24, 2.45) is 0 Å². The summed E-state index contributed by atoms with van der Waals surface area (Å²) in [6.07, 6.45) is 4.35. The zero-order chi connectivity index (χ0) is 8.81. The first-order valence-corrected chi connectivity index (χ1v) is 3.80. The van der Waals surface area contributed by atoms with E-state index in [-0.39, 0.29) is 0 Å². The van der Waals surface area contributed by atoms with Crippen LogP contribution in [0, 0.1) is 10.8 Å². The first kappa shape index (κ1) is 8.68. The molecule has 12 heavy (non-hydrogen) atoms. The highest BCUT2D eigenvalue weighted by atomic mass is 79.9. The van der Waals surface area contributed by atoms with Gasteiger partial charge < -0.3 is 5.32 Å². The molecule has 60 valence electrons. The van der Waals surface area contributed by atoms with Gasteiger partial charge in [0.1, 0.15) is 6.33 Å². The third-order valence-electron chi connectivity index (χ3n) is 0.979. The van der Waals surface area contributed by atoms with Crippen molar-refractivity contribution in [2.45, 2.75) is 0 Å². The molecule has 0 radical (unpaired) electrons. The Hall–Kier alpha value is -1.41. The van der Waals surface area contributed by atoms with E-state index in [4.69, 9.17) is 0 Å². The van der Waals surface area contributed by atoms with Crippen LogP contribution in [0.25, 0.3) is 0 Å². The van der Waals surface area contributed by atoms with E-state index in [2.05, 4.69) is 42.0 Å². The van der Waals surface area contributed by atoms with Gasteiger partial charge in [-0.1, -0.05) is 0 Å². The smallest absolute Gasteiger partial charge is 0.301 e. The minimum absolute atomic E-state index is 0.401. The highest BCUT2D eigenvalue weighted by molar-refractivity contribution is 9.12. The van der Waals surface area contributed by atoms with Gasteiger partial charge in [-0.15, -0.1) is 0 Å². The average Bonchev–Trinajstić information content (AvgIpc) is 2.06. The van der Waals surface area contributed by atoms with Gasteiger partial charge in [-0.2, -0.15) is 0 Å². The maximum absolute atomic E-state index is 10.8. The zero-order valence-corrected chi connectivity index (χ0v) is 7.50. The lowest BCUT2D eigenvalue weighted by molar-refractivity contribution is -0.111. The Morgan fingerprint density at radius 1 is 1.50 bits per heavy atom. The summed E-state index contributed by atoms with van der Waals surface area (Å²) in [4.78, 5) is 20.6. The molecule has 1 rings (SSSR count). The summed E-state index contributed by atoms with van der Waals surface area (Å²) in [6, 6.07) is 0. The molecular weight excluding hydrogens is 222 g/mol. The number of nitrogens with zero attached hydrogens (tertiary/aromatic N) is 2. The molecule has 1 heterocycles. The maximum atomic E-state index is 10.8. The summed E-state index contributed by atoms with van der Waals surface area (Å²) in [5.74, 6) is 1.85. The Balaban J connectivity index is 2.63. The molecule has 0 unspecified atom stereocenters. The Kier molecular flexibility index (Phi) is 3.23.